The molecule has 1 aliphatic carbocycles. The predicted octanol–water partition coefficient (Wildman–Crippen LogP) is 7.44. The van der Waals surface area contributed by atoms with Crippen LogP contribution in [0.25, 0.3) is 33.5 Å². The Labute approximate surface area is 304 Å². The molecule has 50 heavy (non-hydrogen) atoms. The van der Waals surface area contributed by atoms with Crippen molar-refractivity contribution in [3.8, 4) is 45.1 Å². The van der Waals surface area contributed by atoms with Crippen LogP contribution in [0.5, 0.6) is 11.6 Å². The van der Waals surface area contributed by atoms with Crippen molar-refractivity contribution in [1.29, 1.82) is 0 Å². The van der Waals surface area contributed by atoms with E-state index in [0.717, 1.165) is 97.3 Å². The number of carbonyl (C=O) groups is 1. The number of halogens is 2. The highest BCUT2D eigenvalue weighted by Crippen LogP contribution is 2.44. The number of benzene rings is 3. The van der Waals surface area contributed by atoms with Crippen molar-refractivity contribution >= 4 is 29.1 Å². The third-order valence-electron chi connectivity index (χ3n) is 10.6. The van der Waals surface area contributed by atoms with Gasteiger partial charge in [-0.05, 0) is 61.8 Å². The minimum Gasteiger partial charge on any atom is -0.496 e. The average molecular weight is 716 g/mol. The number of rotatable bonds is 12. The SMILES string of the molecule is COc1cc(-c2cccc(-c3cccc(-c4ccc(CNCC5CCC(=O)N5)c(OC)n4)c3Cl)c2Cl)cc2c1CN(CCC1(O)CCC1)CC2. The van der Waals surface area contributed by atoms with E-state index in [9.17, 15) is 9.90 Å². The zero-order valence-corrected chi connectivity index (χ0v) is 30.2. The van der Waals surface area contributed by atoms with Gasteiger partial charge in [-0.25, -0.2) is 4.98 Å². The second kappa shape index (κ2) is 14.9. The van der Waals surface area contributed by atoms with Gasteiger partial charge in [0, 0.05) is 78.6 Å². The molecule has 1 amide bonds. The number of amides is 1. The normalized spacial score (nSPS) is 18.3. The molecule has 3 heterocycles. The number of nitrogens with one attached hydrogen (secondary N) is 2. The predicted molar refractivity (Wildman–Crippen MR) is 199 cm³/mol. The number of nitrogens with zero attached hydrogens (tertiary/aromatic N) is 2. The first-order valence-corrected chi connectivity index (χ1v) is 18.3. The molecule has 3 aliphatic rings. The van der Waals surface area contributed by atoms with Gasteiger partial charge in [0.2, 0.25) is 11.8 Å². The Morgan fingerprint density at radius 2 is 1.72 bits per heavy atom. The zero-order chi connectivity index (χ0) is 34.8. The molecule has 0 spiro atoms. The minimum absolute atomic E-state index is 0.107. The maximum Gasteiger partial charge on any atom is 0.220 e. The van der Waals surface area contributed by atoms with Gasteiger partial charge in [-0.3, -0.25) is 9.69 Å². The summed E-state index contributed by atoms with van der Waals surface area (Å²) in [6.45, 7) is 3.90. The van der Waals surface area contributed by atoms with E-state index in [1.165, 1.54) is 11.1 Å². The van der Waals surface area contributed by atoms with E-state index in [2.05, 4.69) is 27.7 Å². The van der Waals surface area contributed by atoms with E-state index in [4.69, 9.17) is 37.7 Å². The van der Waals surface area contributed by atoms with Crippen LogP contribution in [-0.4, -0.2) is 66.4 Å². The minimum atomic E-state index is -0.471. The van der Waals surface area contributed by atoms with Gasteiger partial charge in [-0.2, -0.15) is 0 Å². The van der Waals surface area contributed by atoms with Gasteiger partial charge in [0.1, 0.15) is 5.75 Å². The average Bonchev–Trinajstić information content (AvgIpc) is 3.54. The number of hydrogen-bond acceptors (Lipinski definition) is 7. The van der Waals surface area contributed by atoms with Gasteiger partial charge in [0.15, 0.2) is 0 Å². The van der Waals surface area contributed by atoms with E-state index in [1.807, 2.05) is 48.5 Å². The Morgan fingerprint density at radius 3 is 2.40 bits per heavy atom. The summed E-state index contributed by atoms with van der Waals surface area (Å²) >= 11 is 14.4. The first-order valence-electron chi connectivity index (χ1n) is 17.5. The third-order valence-corrected chi connectivity index (χ3v) is 11.4. The highest BCUT2D eigenvalue weighted by Gasteiger charge is 2.35. The molecule has 0 bridgehead atoms. The van der Waals surface area contributed by atoms with Crippen LogP contribution in [0.1, 0.15) is 55.2 Å². The molecule has 1 unspecified atom stereocenters. The quantitative estimate of drug-likeness (QED) is 0.140. The molecule has 1 aromatic heterocycles. The second-order valence-electron chi connectivity index (χ2n) is 13.8. The number of aromatic nitrogens is 1. The van der Waals surface area contributed by atoms with E-state index in [-0.39, 0.29) is 11.9 Å². The van der Waals surface area contributed by atoms with Crippen molar-refractivity contribution in [2.75, 3.05) is 33.9 Å². The first-order chi connectivity index (χ1) is 24.2. The van der Waals surface area contributed by atoms with Crippen LogP contribution in [0.2, 0.25) is 10.0 Å². The summed E-state index contributed by atoms with van der Waals surface area (Å²) in [5, 5.41) is 18.2. The molecule has 1 saturated heterocycles. The summed E-state index contributed by atoms with van der Waals surface area (Å²) in [6.07, 6.45) is 6.12. The maximum absolute atomic E-state index is 11.5. The Balaban J connectivity index is 1.12. The fourth-order valence-electron chi connectivity index (χ4n) is 7.46. The van der Waals surface area contributed by atoms with E-state index < -0.39 is 5.60 Å². The largest absolute Gasteiger partial charge is 0.496 e. The molecule has 3 N–H and O–H groups in total. The second-order valence-corrected chi connectivity index (χ2v) is 14.6. The molecular formula is C40H44Cl2N4O4. The van der Waals surface area contributed by atoms with Crippen LogP contribution in [0.4, 0.5) is 0 Å². The Kier molecular flexibility index (Phi) is 10.4. The molecule has 2 fully saturated rings. The fourth-order valence-corrected chi connectivity index (χ4v) is 8.12. The lowest BCUT2D eigenvalue weighted by atomic mass is 9.78. The molecule has 4 aromatic rings. The summed E-state index contributed by atoms with van der Waals surface area (Å²) in [4.78, 5) is 18.8. The Bertz CT molecular complexity index is 1880. The summed E-state index contributed by atoms with van der Waals surface area (Å²) in [6, 6.07) is 20.4. The molecule has 3 aromatic carbocycles. The van der Waals surface area contributed by atoms with Crippen molar-refractivity contribution in [2.24, 2.45) is 0 Å². The lowest BCUT2D eigenvalue weighted by molar-refractivity contribution is -0.119. The van der Waals surface area contributed by atoms with Crippen molar-refractivity contribution < 1.29 is 19.4 Å². The number of pyridine rings is 1. The lowest BCUT2D eigenvalue weighted by Gasteiger charge is -2.39. The summed E-state index contributed by atoms with van der Waals surface area (Å²) < 4.78 is 11.6. The molecule has 0 radical (unpaired) electrons. The van der Waals surface area contributed by atoms with Crippen molar-refractivity contribution in [1.82, 2.24) is 20.5 Å². The van der Waals surface area contributed by atoms with Crippen molar-refractivity contribution in [3.63, 3.8) is 0 Å². The van der Waals surface area contributed by atoms with Crippen LogP contribution in [0.15, 0.2) is 60.7 Å². The molecule has 2 aliphatic heterocycles. The van der Waals surface area contributed by atoms with Gasteiger partial charge in [-0.15, -0.1) is 0 Å². The smallest absolute Gasteiger partial charge is 0.220 e. The molecule has 8 nitrogen and oxygen atoms in total. The van der Waals surface area contributed by atoms with Gasteiger partial charge >= 0.3 is 0 Å². The van der Waals surface area contributed by atoms with E-state index >= 15 is 0 Å². The van der Waals surface area contributed by atoms with Gasteiger partial charge < -0.3 is 25.2 Å². The molecule has 7 rings (SSSR count). The number of ether oxygens (including phenoxy) is 2. The summed E-state index contributed by atoms with van der Waals surface area (Å²) in [7, 11) is 3.34. The number of carbonyl (C=O) groups excluding carboxylic acids is 1. The topological polar surface area (TPSA) is 96.0 Å². The number of methoxy groups -OCH3 is 2. The summed E-state index contributed by atoms with van der Waals surface area (Å²) in [5.74, 6) is 1.48. The van der Waals surface area contributed by atoms with Crippen LogP contribution >= 0.6 is 23.2 Å². The van der Waals surface area contributed by atoms with Crippen LogP contribution < -0.4 is 20.1 Å². The van der Waals surface area contributed by atoms with Crippen molar-refractivity contribution in [3.05, 3.63) is 87.4 Å². The van der Waals surface area contributed by atoms with Crippen LogP contribution in [-0.2, 0) is 24.3 Å². The van der Waals surface area contributed by atoms with Gasteiger partial charge in [0.25, 0.3) is 0 Å². The number of hydrogen-bond donors (Lipinski definition) is 3. The molecule has 262 valence electrons. The fraction of sp³-hybridized carbons (Fsp3) is 0.400. The molecule has 1 atom stereocenters. The molecular weight excluding hydrogens is 671 g/mol. The number of aliphatic hydroxyl groups is 1. The zero-order valence-electron chi connectivity index (χ0n) is 28.7. The van der Waals surface area contributed by atoms with Gasteiger partial charge in [-0.1, -0.05) is 71.7 Å². The number of fused-ring (bicyclic) bond motifs is 1. The monoisotopic (exact) mass is 714 g/mol. The van der Waals surface area contributed by atoms with E-state index in [1.54, 1.807) is 14.2 Å². The highest BCUT2D eigenvalue weighted by molar-refractivity contribution is 6.39. The summed E-state index contributed by atoms with van der Waals surface area (Å²) in [5.41, 5.74) is 7.96. The molecule has 10 heteroatoms. The van der Waals surface area contributed by atoms with Gasteiger partial charge in [0.05, 0.1) is 35.6 Å². The van der Waals surface area contributed by atoms with Crippen LogP contribution in [0.3, 0.4) is 0 Å². The van der Waals surface area contributed by atoms with Crippen LogP contribution in [0, 0.1) is 0 Å². The third kappa shape index (κ3) is 7.23. The van der Waals surface area contributed by atoms with E-state index in [0.29, 0.717) is 41.1 Å². The Morgan fingerprint density at radius 1 is 0.980 bits per heavy atom. The maximum atomic E-state index is 11.5. The highest BCUT2D eigenvalue weighted by atomic mass is 35.5. The first kappa shape index (κ1) is 34.8. The Hall–Kier alpha value is -3.66. The van der Waals surface area contributed by atoms with Crippen molar-refractivity contribution in [2.45, 2.75) is 69.7 Å². The molecule has 1 saturated carbocycles. The standard InChI is InChI=1S/C40H44Cl2N4O4/c1-49-35-21-27(20-25-14-18-46(24-33(25)35)19-17-40(48)15-5-16-40)29-6-3-7-30(37(29)41)31-8-4-9-32(38(31)42)34-12-10-26(39(45-34)50-2)22-43-23-28-11-13-36(47)44-28/h3-4,6-10,12,20-21,28,43,48H,5,11,13-19,22-24H2,1-2H3,(H,44,47). The lowest BCUT2D eigenvalue weighted by Crippen LogP contribution is -2.41.